The van der Waals surface area contributed by atoms with Gasteiger partial charge >= 0.3 is 12.1 Å². The van der Waals surface area contributed by atoms with Crippen LogP contribution in [0.15, 0.2) is 72.8 Å². The predicted molar refractivity (Wildman–Crippen MR) is 124 cm³/mol. The molecule has 2 amide bonds. The normalized spacial score (nSPS) is 11.9. The molecule has 3 aromatic carbocycles. The molecule has 0 radical (unpaired) electrons. The number of para-hydroxylation sites is 1. The van der Waals surface area contributed by atoms with E-state index in [1.54, 1.807) is 24.3 Å². The third-order valence-corrected chi connectivity index (χ3v) is 5.75. The van der Waals surface area contributed by atoms with Gasteiger partial charge in [0.05, 0.1) is 17.7 Å². The minimum absolute atomic E-state index is 0.0629. The van der Waals surface area contributed by atoms with E-state index >= 15 is 0 Å². The number of anilines is 1. The number of carboxylic acid groups (broad SMARTS) is 1. The van der Waals surface area contributed by atoms with Crippen LogP contribution in [0.1, 0.15) is 33.8 Å². The maximum atomic E-state index is 12.7. The monoisotopic (exact) mass is 444 g/mol. The number of nitrogens with one attached hydrogen (secondary N) is 1. The first-order valence-corrected chi connectivity index (χ1v) is 10.6. The number of ether oxygens (including phenoxy) is 1. The van der Waals surface area contributed by atoms with Gasteiger partial charge in [0.15, 0.2) is 0 Å². The Morgan fingerprint density at radius 2 is 1.48 bits per heavy atom. The lowest BCUT2D eigenvalue weighted by Gasteiger charge is -2.19. The maximum absolute atomic E-state index is 12.7. The van der Waals surface area contributed by atoms with Crippen LogP contribution in [0.2, 0.25) is 0 Å². The van der Waals surface area contributed by atoms with Crippen molar-refractivity contribution in [2.75, 3.05) is 25.5 Å². The van der Waals surface area contributed by atoms with E-state index in [0.717, 1.165) is 22.3 Å². The van der Waals surface area contributed by atoms with Gasteiger partial charge < -0.3 is 14.7 Å². The largest absolute Gasteiger partial charge is 0.481 e. The molecule has 0 spiro atoms. The van der Waals surface area contributed by atoms with E-state index in [4.69, 9.17) is 9.84 Å². The zero-order valence-electron chi connectivity index (χ0n) is 18.2. The molecule has 0 aliphatic heterocycles. The fourth-order valence-electron chi connectivity index (χ4n) is 4.09. The van der Waals surface area contributed by atoms with Crippen molar-refractivity contribution >= 4 is 23.7 Å². The molecule has 168 valence electrons. The summed E-state index contributed by atoms with van der Waals surface area (Å²) >= 11 is 0. The lowest BCUT2D eigenvalue weighted by Crippen LogP contribution is -2.30. The summed E-state index contributed by atoms with van der Waals surface area (Å²) in [4.78, 5) is 37.5. The van der Waals surface area contributed by atoms with E-state index in [-0.39, 0.29) is 37.0 Å². The molecule has 0 unspecified atom stereocenters. The number of benzene rings is 3. The molecule has 1 aliphatic carbocycles. The van der Waals surface area contributed by atoms with Crippen LogP contribution in [0.5, 0.6) is 0 Å². The summed E-state index contributed by atoms with van der Waals surface area (Å²) in [5.74, 6) is -1.44. The van der Waals surface area contributed by atoms with Crippen LogP contribution in [-0.4, -0.2) is 48.2 Å². The highest BCUT2D eigenvalue weighted by Crippen LogP contribution is 2.44. The molecule has 0 saturated heterocycles. The summed E-state index contributed by atoms with van der Waals surface area (Å²) in [6, 6.07) is 22.7. The number of aliphatic carboxylic acids is 1. The second kappa shape index (κ2) is 9.56. The van der Waals surface area contributed by atoms with Crippen molar-refractivity contribution in [3.63, 3.8) is 0 Å². The number of nitrogens with zero attached hydrogens (tertiary/aromatic N) is 1. The zero-order chi connectivity index (χ0) is 23.4. The van der Waals surface area contributed by atoms with Gasteiger partial charge in [-0.1, -0.05) is 60.7 Å². The van der Waals surface area contributed by atoms with Gasteiger partial charge in [-0.15, -0.1) is 0 Å². The summed E-state index contributed by atoms with van der Waals surface area (Å²) in [5, 5.41) is 11.5. The molecule has 7 nitrogen and oxygen atoms in total. The predicted octanol–water partition coefficient (Wildman–Crippen LogP) is 4.59. The minimum Gasteiger partial charge on any atom is -0.481 e. The lowest BCUT2D eigenvalue weighted by molar-refractivity contribution is -0.137. The highest BCUT2D eigenvalue weighted by atomic mass is 16.5. The summed E-state index contributed by atoms with van der Waals surface area (Å²) in [6.45, 7) is 0.224. The van der Waals surface area contributed by atoms with Crippen LogP contribution >= 0.6 is 0 Å². The Labute approximate surface area is 191 Å². The Hall–Kier alpha value is -4.13. The number of carbonyl (C=O) groups excluding carboxylic acids is 2. The van der Waals surface area contributed by atoms with Gasteiger partial charge in [-0.05, 0) is 34.4 Å². The zero-order valence-corrected chi connectivity index (χ0v) is 18.2. The van der Waals surface area contributed by atoms with Crippen molar-refractivity contribution in [2.24, 2.45) is 0 Å². The molecule has 0 heterocycles. The second-order valence-electron chi connectivity index (χ2n) is 7.87. The fourth-order valence-corrected chi connectivity index (χ4v) is 4.09. The Kier molecular flexibility index (Phi) is 6.40. The van der Waals surface area contributed by atoms with Crippen LogP contribution in [-0.2, 0) is 9.53 Å². The van der Waals surface area contributed by atoms with E-state index in [1.165, 1.54) is 11.9 Å². The molecule has 2 N–H and O–H groups in total. The molecule has 33 heavy (non-hydrogen) atoms. The van der Waals surface area contributed by atoms with E-state index in [0.29, 0.717) is 5.69 Å². The average Bonchev–Trinajstić information content (AvgIpc) is 3.15. The van der Waals surface area contributed by atoms with E-state index in [1.807, 2.05) is 36.4 Å². The number of carboxylic acids is 1. The van der Waals surface area contributed by atoms with Crippen LogP contribution in [0.25, 0.3) is 11.1 Å². The molecule has 4 rings (SSSR count). The van der Waals surface area contributed by atoms with E-state index in [2.05, 4.69) is 17.4 Å². The standard InChI is InChI=1S/C26H24N2O5/c1-28(15-14-24(29)30)25(31)21-12-6-7-13-23(21)27-26(32)33-16-22-19-10-4-2-8-17(19)18-9-3-5-11-20(18)22/h2-13,22H,14-16H2,1H3,(H,27,32)(H,29,30). The van der Waals surface area contributed by atoms with Gasteiger partial charge in [-0.25, -0.2) is 4.79 Å². The van der Waals surface area contributed by atoms with Gasteiger partial charge in [0.2, 0.25) is 0 Å². The van der Waals surface area contributed by atoms with Gasteiger partial charge in [-0.2, -0.15) is 0 Å². The molecule has 1 aliphatic rings. The van der Waals surface area contributed by atoms with E-state index < -0.39 is 12.1 Å². The van der Waals surface area contributed by atoms with Gasteiger partial charge in [0.25, 0.3) is 5.91 Å². The molecule has 0 fully saturated rings. The number of amides is 2. The molecular weight excluding hydrogens is 420 g/mol. The number of carbonyl (C=O) groups is 3. The Morgan fingerprint density at radius 3 is 2.12 bits per heavy atom. The topological polar surface area (TPSA) is 95.9 Å². The molecule has 0 saturated carbocycles. The smallest absolute Gasteiger partial charge is 0.411 e. The molecule has 7 heteroatoms. The van der Waals surface area contributed by atoms with Crippen LogP contribution in [0.4, 0.5) is 10.5 Å². The van der Waals surface area contributed by atoms with Crippen molar-refractivity contribution in [3.8, 4) is 11.1 Å². The molecule has 0 aromatic heterocycles. The Morgan fingerprint density at radius 1 is 0.909 bits per heavy atom. The number of rotatable bonds is 7. The van der Waals surface area contributed by atoms with E-state index in [9.17, 15) is 14.4 Å². The minimum atomic E-state index is -0.986. The third kappa shape index (κ3) is 4.72. The van der Waals surface area contributed by atoms with Gasteiger partial charge in [0.1, 0.15) is 6.61 Å². The number of fused-ring (bicyclic) bond motifs is 3. The second-order valence-corrected chi connectivity index (χ2v) is 7.87. The van der Waals surface area contributed by atoms with Gasteiger partial charge in [-0.3, -0.25) is 14.9 Å². The Bertz CT molecular complexity index is 1160. The maximum Gasteiger partial charge on any atom is 0.411 e. The third-order valence-electron chi connectivity index (χ3n) is 5.75. The van der Waals surface area contributed by atoms with Crippen molar-refractivity contribution in [2.45, 2.75) is 12.3 Å². The van der Waals surface area contributed by atoms with Gasteiger partial charge in [0, 0.05) is 19.5 Å². The first-order chi connectivity index (χ1) is 16.0. The summed E-state index contributed by atoms with van der Waals surface area (Å²) in [7, 11) is 1.52. The van der Waals surface area contributed by atoms with Crippen LogP contribution < -0.4 is 5.32 Å². The first-order valence-electron chi connectivity index (χ1n) is 10.6. The number of hydrogen-bond acceptors (Lipinski definition) is 4. The fraction of sp³-hybridized carbons (Fsp3) is 0.192. The van der Waals surface area contributed by atoms with Crippen molar-refractivity contribution in [1.29, 1.82) is 0 Å². The molecule has 0 atom stereocenters. The van der Waals surface area contributed by atoms with Crippen LogP contribution in [0, 0.1) is 0 Å². The van der Waals surface area contributed by atoms with Crippen molar-refractivity contribution in [1.82, 2.24) is 4.90 Å². The highest BCUT2D eigenvalue weighted by Gasteiger charge is 2.29. The average molecular weight is 444 g/mol. The molecular formula is C26H24N2O5. The summed E-state index contributed by atoms with van der Waals surface area (Å²) in [6.07, 6.45) is -0.824. The van der Waals surface area contributed by atoms with Crippen molar-refractivity contribution in [3.05, 3.63) is 89.5 Å². The summed E-state index contributed by atoms with van der Waals surface area (Å²) in [5.41, 5.74) is 5.08. The Balaban J connectivity index is 1.44. The SMILES string of the molecule is CN(CCC(=O)O)C(=O)c1ccccc1NC(=O)OCC1c2ccccc2-c2ccccc21. The summed E-state index contributed by atoms with van der Waals surface area (Å²) < 4.78 is 5.57. The number of hydrogen-bond donors (Lipinski definition) is 2. The van der Waals surface area contributed by atoms with Crippen molar-refractivity contribution < 1.29 is 24.2 Å². The molecule has 0 bridgehead atoms. The quantitative estimate of drug-likeness (QED) is 0.556. The van der Waals surface area contributed by atoms with Crippen LogP contribution in [0.3, 0.4) is 0 Å². The first kappa shape index (κ1) is 22.1. The molecule has 3 aromatic rings. The lowest BCUT2D eigenvalue weighted by atomic mass is 9.98. The highest BCUT2D eigenvalue weighted by molar-refractivity contribution is 6.02.